The molecule has 0 aliphatic carbocycles. The highest BCUT2D eigenvalue weighted by Gasteiger charge is 1.97. The zero-order valence-corrected chi connectivity index (χ0v) is 7.36. The molecule has 0 aliphatic heterocycles. The molecule has 0 saturated heterocycles. The van der Waals surface area contributed by atoms with E-state index in [9.17, 15) is 9.90 Å². The van der Waals surface area contributed by atoms with Crippen LogP contribution >= 0.6 is 0 Å². The number of hydrogen-bond donors (Lipinski definition) is 1. The van der Waals surface area contributed by atoms with Crippen LogP contribution in [0.5, 0.6) is 0 Å². The summed E-state index contributed by atoms with van der Waals surface area (Å²) in [6.45, 7) is 1.55. The molecule has 4 nitrogen and oxygen atoms in total. The average Bonchev–Trinajstić information content (AvgIpc) is 2.55. The second kappa shape index (κ2) is 5.37. The normalized spacial score (nSPS) is 10.2. The molecule has 0 unspecified atom stereocenters. The lowest BCUT2D eigenvalue weighted by molar-refractivity contribution is -0.672. The number of carbonyl (C=O) groups excluding carboxylic acids is 1. The first-order valence-corrected chi connectivity index (χ1v) is 4.33. The number of furan rings is 1. The van der Waals surface area contributed by atoms with E-state index >= 15 is 0 Å². The first-order valence-electron chi connectivity index (χ1n) is 4.33. The minimum Gasteiger partial charge on any atom is -0.550 e. The lowest BCUT2D eigenvalue weighted by atomic mass is 10.3. The minimum atomic E-state index is -0.980. The number of quaternary nitrogens is 1. The van der Waals surface area contributed by atoms with Crippen LogP contribution in [0.25, 0.3) is 0 Å². The summed E-state index contributed by atoms with van der Waals surface area (Å²) in [5.41, 5.74) is 0. The highest BCUT2D eigenvalue weighted by atomic mass is 16.4. The Bertz CT molecular complexity index is 243. The molecule has 0 atom stereocenters. The van der Waals surface area contributed by atoms with Crippen molar-refractivity contribution >= 4 is 5.97 Å². The summed E-state index contributed by atoms with van der Waals surface area (Å²) in [7, 11) is 0. The molecule has 1 heterocycles. The molecule has 0 fully saturated rings. The van der Waals surface area contributed by atoms with Gasteiger partial charge in [0.05, 0.1) is 12.8 Å². The van der Waals surface area contributed by atoms with Crippen molar-refractivity contribution in [3.05, 3.63) is 24.2 Å². The van der Waals surface area contributed by atoms with Crippen molar-refractivity contribution in [1.29, 1.82) is 0 Å². The van der Waals surface area contributed by atoms with Gasteiger partial charge in [0.25, 0.3) is 0 Å². The highest BCUT2D eigenvalue weighted by Crippen LogP contribution is 1.95. The summed E-state index contributed by atoms with van der Waals surface area (Å²) >= 11 is 0. The average molecular weight is 183 g/mol. The van der Waals surface area contributed by atoms with Crippen LogP contribution in [0, 0.1) is 0 Å². The van der Waals surface area contributed by atoms with Crippen LogP contribution in [0.3, 0.4) is 0 Å². The van der Waals surface area contributed by atoms with Gasteiger partial charge in [-0.3, -0.25) is 0 Å². The monoisotopic (exact) mass is 183 g/mol. The molecule has 0 spiro atoms. The molecule has 1 aromatic heterocycles. The van der Waals surface area contributed by atoms with Gasteiger partial charge in [-0.25, -0.2) is 0 Å². The predicted molar refractivity (Wildman–Crippen MR) is 43.4 cm³/mol. The Labute approximate surface area is 76.6 Å². The van der Waals surface area contributed by atoms with Crippen LogP contribution in [0.2, 0.25) is 0 Å². The number of carboxylic acids is 1. The Hall–Kier alpha value is -1.29. The molecule has 72 valence electrons. The zero-order valence-electron chi connectivity index (χ0n) is 7.36. The van der Waals surface area contributed by atoms with Crippen molar-refractivity contribution in [2.24, 2.45) is 0 Å². The number of rotatable bonds is 6. The molecule has 1 aromatic rings. The van der Waals surface area contributed by atoms with Crippen LogP contribution in [0.1, 0.15) is 18.6 Å². The van der Waals surface area contributed by atoms with E-state index in [4.69, 9.17) is 4.42 Å². The lowest BCUT2D eigenvalue weighted by Gasteiger charge is -2.00. The Morgan fingerprint density at radius 2 is 2.46 bits per heavy atom. The van der Waals surface area contributed by atoms with Gasteiger partial charge in [-0.15, -0.1) is 0 Å². The van der Waals surface area contributed by atoms with E-state index in [1.165, 1.54) is 0 Å². The fourth-order valence-electron chi connectivity index (χ4n) is 1.06. The van der Waals surface area contributed by atoms with Crippen molar-refractivity contribution in [3.8, 4) is 0 Å². The number of carboxylic acid groups (broad SMARTS) is 1. The van der Waals surface area contributed by atoms with Gasteiger partial charge in [-0.2, -0.15) is 0 Å². The van der Waals surface area contributed by atoms with Crippen LogP contribution < -0.4 is 10.4 Å². The van der Waals surface area contributed by atoms with Crippen molar-refractivity contribution in [2.75, 3.05) is 6.54 Å². The molecule has 0 aliphatic rings. The maximum Gasteiger partial charge on any atom is 0.157 e. The van der Waals surface area contributed by atoms with Gasteiger partial charge in [0.15, 0.2) is 5.76 Å². The van der Waals surface area contributed by atoms with Gasteiger partial charge in [0.2, 0.25) is 0 Å². The number of hydrogen-bond acceptors (Lipinski definition) is 3. The SMILES string of the molecule is O=C([O-])CCC[NH2+]Cc1ccco1. The van der Waals surface area contributed by atoms with Crippen molar-refractivity contribution in [1.82, 2.24) is 0 Å². The van der Waals surface area contributed by atoms with E-state index in [-0.39, 0.29) is 6.42 Å². The fourth-order valence-corrected chi connectivity index (χ4v) is 1.06. The van der Waals surface area contributed by atoms with Gasteiger partial charge in [-0.1, -0.05) is 0 Å². The molecule has 0 saturated carbocycles. The summed E-state index contributed by atoms with van der Waals surface area (Å²) in [5.74, 6) is -0.0696. The van der Waals surface area contributed by atoms with E-state index in [0.717, 1.165) is 18.8 Å². The van der Waals surface area contributed by atoms with Gasteiger partial charge in [-0.05, 0) is 18.6 Å². The number of carbonyl (C=O) groups is 1. The molecule has 4 heteroatoms. The maximum absolute atomic E-state index is 10.0. The van der Waals surface area contributed by atoms with Crippen molar-refractivity contribution in [2.45, 2.75) is 19.4 Å². The van der Waals surface area contributed by atoms with E-state index < -0.39 is 5.97 Å². The largest absolute Gasteiger partial charge is 0.550 e. The Morgan fingerprint density at radius 3 is 3.08 bits per heavy atom. The summed E-state index contributed by atoms with van der Waals surface area (Å²) in [6.07, 6.45) is 2.40. The molecule has 0 radical (unpaired) electrons. The minimum absolute atomic E-state index is 0.134. The van der Waals surface area contributed by atoms with Gasteiger partial charge >= 0.3 is 0 Å². The lowest BCUT2D eigenvalue weighted by Crippen LogP contribution is -2.82. The number of nitrogens with two attached hydrogens (primary N) is 1. The zero-order chi connectivity index (χ0) is 9.52. The molecule has 1 rings (SSSR count). The van der Waals surface area contributed by atoms with Crippen molar-refractivity contribution < 1.29 is 19.6 Å². The van der Waals surface area contributed by atoms with Gasteiger partial charge in [0.1, 0.15) is 6.54 Å². The molecule has 2 N–H and O–H groups in total. The van der Waals surface area contributed by atoms with Crippen LogP contribution in [0.15, 0.2) is 22.8 Å². The Morgan fingerprint density at radius 1 is 1.62 bits per heavy atom. The topological polar surface area (TPSA) is 69.9 Å². The first-order chi connectivity index (χ1) is 6.29. The van der Waals surface area contributed by atoms with Gasteiger partial charge < -0.3 is 19.6 Å². The standard InChI is InChI=1S/C9H13NO3/c11-9(12)4-1-5-10-7-8-3-2-6-13-8/h2-3,6,10H,1,4-5,7H2,(H,11,12). The quantitative estimate of drug-likeness (QED) is 0.567. The summed E-state index contributed by atoms with van der Waals surface area (Å²) < 4.78 is 5.10. The second-order valence-corrected chi connectivity index (χ2v) is 2.84. The van der Waals surface area contributed by atoms with E-state index in [1.807, 2.05) is 17.4 Å². The van der Waals surface area contributed by atoms with Crippen LogP contribution in [0.4, 0.5) is 0 Å². The Kier molecular flexibility index (Phi) is 4.05. The number of aliphatic carboxylic acids is 1. The molecular formula is C9H13NO3. The van der Waals surface area contributed by atoms with E-state index in [0.29, 0.717) is 6.42 Å². The third-order valence-electron chi connectivity index (χ3n) is 1.71. The van der Waals surface area contributed by atoms with E-state index in [2.05, 4.69) is 0 Å². The summed E-state index contributed by atoms with van der Waals surface area (Å²) in [4.78, 5) is 10.0. The summed E-state index contributed by atoms with van der Waals surface area (Å²) in [6, 6.07) is 3.74. The van der Waals surface area contributed by atoms with Crippen LogP contribution in [-0.4, -0.2) is 12.5 Å². The predicted octanol–water partition coefficient (Wildman–Crippen LogP) is -1.13. The second-order valence-electron chi connectivity index (χ2n) is 2.84. The molecule has 0 amide bonds. The third-order valence-corrected chi connectivity index (χ3v) is 1.71. The smallest absolute Gasteiger partial charge is 0.157 e. The van der Waals surface area contributed by atoms with Crippen molar-refractivity contribution in [3.63, 3.8) is 0 Å². The fraction of sp³-hybridized carbons (Fsp3) is 0.444. The Balaban J connectivity index is 1.99. The maximum atomic E-state index is 10.0. The van der Waals surface area contributed by atoms with Gasteiger partial charge in [0, 0.05) is 12.4 Å². The van der Waals surface area contributed by atoms with Crippen LogP contribution in [-0.2, 0) is 11.3 Å². The first kappa shape index (κ1) is 9.80. The molecule has 13 heavy (non-hydrogen) atoms. The molecular weight excluding hydrogens is 170 g/mol. The van der Waals surface area contributed by atoms with E-state index in [1.54, 1.807) is 6.26 Å². The molecule has 0 aromatic carbocycles. The third kappa shape index (κ3) is 4.32. The molecule has 0 bridgehead atoms. The highest BCUT2D eigenvalue weighted by molar-refractivity contribution is 5.64. The summed E-state index contributed by atoms with van der Waals surface area (Å²) in [5, 5.41) is 12.1.